The van der Waals surface area contributed by atoms with Gasteiger partial charge in [0.25, 0.3) is 10.1 Å². The van der Waals surface area contributed by atoms with Crippen molar-refractivity contribution < 1.29 is 65.8 Å². The van der Waals surface area contributed by atoms with Gasteiger partial charge in [-0.2, -0.15) is 27.1 Å². The van der Waals surface area contributed by atoms with Crippen LogP contribution in [-0.4, -0.2) is 72.8 Å². The summed E-state index contributed by atoms with van der Waals surface area (Å²) in [7, 11) is -17.6. The SMILES string of the molecule is Nc1c(N=Nc2ccc(S(=O)(=O)CCOSOOO)cc2)cc(S(=O)(=O)O)c(N)c1N=Nc1ccc(S(=O)(=O)CCOS(=O)(=O)O)cc1. The quantitative estimate of drug-likeness (QED) is 0.0250. The fourth-order valence-electron chi connectivity index (χ4n) is 3.42. The van der Waals surface area contributed by atoms with E-state index in [-0.39, 0.29) is 51.5 Å². The van der Waals surface area contributed by atoms with Crippen LogP contribution >= 0.6 is 12.3 Å². The van der Waals surface area contributed by atoms with E-state index in [2.05, 4.69) is 34.0 Å². The maximum absolute atomic E-state index is 12.4. The number of nitrogens with zero attached hydrogens (tertiary/aromatic N) is 4. The molecule has 0 spiro atoms. The van der Waals surface area contributed by atoms with Crippen molar-refractivity contribution in [1.29, 1.82) is 0 Å². The average molecular weight is 773 g/mol. The molecule has 0 atom stereocenters. The molecule has 0 radical (unpaired) electrons. The van der Waals surface area contributed by atoms with Crippen LogP contribution in [0.2, 0.25) is 0 Å². The molecule has 0 aromatic heterocycles. The van der Waals surface area contributed by atoms with Crippen molar-refractivity contribution in [2.24, 2.45) is 20.5 Å². The molecule has 21 nitrogen and oxygen atoms in total. The molecular formula is C22H24N6O15S5. The van der Waals surface area contributed by atoms with Crippen molar-refractivity contribution in [1.82, 2.24) is 0 Å². The van der Waals surface area contributed by atoms with E-state index in [0.717, 1.165) is 18.2 Å². The van der Waals surface area contributed by atoms with Crippen molar-refractivity contribution in [2.75, 3.05) is 36.2 Å². The Morgan fingerprint density at radius 1 is 0.688 bits per heavy atom. The molecule has 0 aliphatic rings. The Bertz CT molecular complexity index is 2110. The molecule has 26 heteroatoms. The van der Waals surface area contributed by atoms with Gasteiger partial charge >= 0.3 is 10.4 Å². The fraction of sp³-hybridized carbons (Fsp3) is 0.182. The summed E-state index contributed by atoms with van der Waals surface area (Å²) in [5.41, 5.74) is 10.4. The lowest BCUT2D eigenvalue weighted by Gasteiger charge is -2.10. The van der Waals surface area contributed by atoms with Crippen LogP contribution in [0.5, 0.6) is 0 Å². The smallest absolute Gasteiger partial charge is 0.396 e. The van der Waals surface area contributed by atoms with Crippen LogP contribution in [0.3, 0.4) is 0 Å². The number of azo groups is 2. The molecule has 3 aromatic carbocycles. The zero-order valence-electron chi connectivity index (χ0n) is 23.7. The highest BCUT2D eigenvalue weighted by Crippen LogP contribution is 2.43. The Hall–Kier alpha value is -3.67. The number of sulfone groups is 2. The summed E-state index contributed by atoms with van der Waals surface area (Å²) in [6.45, 7) is -1.15. The van der Waals surface area contributed by atoms with E-state index in [1.54, 1.807) is 0 Å². The van der Waals surface area contributed by atoms with Crippen LogP contribution in [0, 0.1) is 0 Å². The molecule has 0 aliphatic carbocycles. The van der Waals surface area contributed by atoms with Gasteiger partial charge in [0.2, 0.25) is 0 Å². The molecule has 7 N–H and O–H groups in total. The van der Waals surface area contributed by atoms with E-state index in [1.165, 1.54) is 36.4 Å². The Labute approximate surface area is 277 Å². The molecule has 0 heterocycles. The predicted octanol–water partition coefficient (Wildman–Crippen LogP) is 3.30. The van der Waals surface area contributed by atoms with Gasteiger partial charge in [0.15, 0.2) is 32.0 Å². The molecule has 3 rings (SSSR count). The number of nitrogens with two attached hydrogens (primary N) is 2. The van der Waals surface area contributed by atoms with E-state index in [0.29, 0.717) is 0 Å². The lowest BCUT2D eigenvalue weighted by atomic mass is 10.2. The average Bonchev–Trinajstić information content (AvgIpc) is 2.99. The Kier molecular flexibility index (Phi) is 13.0. The monoisotopic (exact) mass is 772 g/mol. The van der Waals surface area contributed by atoms with Gasteiger partial charge in [-0.3, -0.25) is 13.3 Å². The molecular weight excluding hydrogens is 749 g/mol. The van der Waals surface area contributed by atoms with Crippen LogP contribution in [0.15, 0.2) is 89.7 Å². The largest absolute Gasteiger partial charge is 0.397 e. The van der Waals surface area contributed by atoms with Crippen molar-refractivity contribution >= 4 is 86.6 Å². The van der Waals surface area contributed by atoms with Crippen molar-refractivity contribution in [3.8, 4) is 0 Å². The third-order valence-electron chi connectivity index (χ3n) is 5.65. The maximum atomic E-state index is 12.4. The number of benzene rings is 3. The van der Waals surface area contributed by atoms with E-state index >= 15 is 0 Å². The molecule has 0 saturated carbocycles. The molecule has 3 aromatic rings. The summed E-state index contributed by atoms with van der Waals surface area (Å²) >= 11 is 0.215. The minimum atomic E-state index is -4.95. The highest BCUT2D eigenvalue weighted by molar-refractivity contribution is 7.92. The molecule has 0 saturated heterocycles. The number of nitrogen functional groups attached to an aromatic ring is 2. The van der Waals surface area contributed by atoms with Crippen molar-refractivity contribution in [3.05, 3.63) is 54.6 Å². The van der Waals surface area contributed by atoms with E-state index in [9.17, 15) is 38.2 Å². The summed E-state index contributed by atoms with van der Waals surface area (Å²) < 4.78 is 126. The Balaban J connectivity index is 1.85. The summed E-state index contributed by atoms with van der Waals surface area (Å²) in [4.78, 5) is -1.20. The Morgan fingerprint density at radius 2 is 1.19 bits per heavy atom. The minimum absolute atomic E-state index is 0.0234. The summed E-state index contributed by atoms with van der Waals surface area (Å²) in [6, 6.07) is 10.4. The van der Waals surface area contributed by atoms with E-state index in [1.807, 2.05) is 0 Å². The first-order valence-electron chi connectivity index (χ1n) is 12.4. The van der Waals surface area contributed by atoms with Gasteiger partial charge in [-0.15, -0.1) is 14.6 Å². The Morgan fingerprint density at radius 3 is 1.67 bits per heavy atom. The molecule has 0 fully saturated rings. The number of anilines is 2. The van der Waals surface area contributed by atoms with Gasteiger partial charge in [0.05, 0.1) is 57.3 Å². The van der Waals surface area contributed by atoms with Gasteiger partial charge < -0.3 is 11.5 Å². The zero-order chi connectivity index (χ0) is 35.8. The second-order valence-corrected chi connectivity index (χ2v) is 16.1. The first kappa shape index (κ1) is 38.8. The minimum Gasteiger partial charge on any atom is -0.396 e. The fourth-order valence-corrected chi connectivity index (χ4v) is 6.95. The highest BCUT2D eigenvalue weighted by Gasteiger charge is 2.23. The normalized spacial score (nSPS) is 13.1. The van der Waals surface area contributed by atoms with Crippen LogP contribution in [0.4, 0.5) is 34.1 Å². The number of hydrogen-bond acceptors (Lipinski definition) is 20. The third kappa shape index (κ3) is 11.2. The van der Waals surface area contributed by atoms with Crippen LogP contribution < -0.4 is 11.5 Å². The predicted molar refractivity (Wildman–Crippen MR) is 166 cm³/mol. The molecule has 0 bridgehead atoms. The second kappa shape index (κ2) is 16.2. The van der Waals surface area contributed by atoms with Gasteiger partial charge in [-0.25, -0.2) is 26.3 Å². The number of rotatable bonds is 17. The van der Waals surface area contributed by atoms with E-state index in [4.69, 9.17) is 25.5 Å². The molecule has 0 amide bonds. The standard InChI is InChI=1S/C22H24N6O15S5/c23-20-18(27-25-14-1-5-16(6-2-14)45(30,31)11-9-40-44-43-42-29)13-19(47(34,35)36)21(24)22(20)28-26-15-3-7-17(8-4-15)46(32,33)12-10-41-48(37,38)39/h1-8,13,29H,9-12,23-24H2,(H,34,35,36)(H,37,38,39). The number of hydrogen-bond donors (Lipinski definition) is 5. The van der Waals surface area contributed by atoms with Gasteiger partial charge in [0, 0.05) is 0 Å². The third-order valence-corrected chi connectivity index (χ3v) is 10.8. The van der Waals surface area contributed by atoms with Gasteiger partial charge in [0.1, 0.15) is 16.3 Å². The lowest BCUT2D eigenvalue weighted by Crippen LogP contribution is -2.15. The summed E-state index contributed by atoms with van der Waals surface area (Å²) in [6.07, 6.45) is 0. The van der Waals surface area contributed by atoms with Gasteiger partial charge in [-0.05, 0) is 54.6 Å². The van der Waals surface area contributed by atoms with Crippen LogP contribution in [-0.2, 0) is 57.9 Å². The highest BCUT2D eigenvalue weighted by atomic mass is 32.3. The lowest BCUT2D eigenvalue weighted by molar-refractivity contribution is -0.434. The second-order valence-electron chi connectivity index (χ2n) is 8.85. The van der Waals surface area contributed by atoms with Gasteiger partial charge in [-0.1, -0.05) is 5.04 Å². The molecule has 0 unspecified atom stereocenters. The van der Waals surface area contributed by atoms with Crippen LogP contribution in [0.1, 0.15) is 0 Å². The summed E-state index contributed by atoms with van der Waals surface area (Å²) in [5, 5.41) is 26.8. The zero-order valence-corrected chi connectivity index (χ0v) is 27.8. The van der Waals surface area contributed by atoms with Crippen molar-refractivity contribution in [2.45, 2.75) is 14.7 Å². The molecule has 262 valence electrons. The first-order valence-corrected chi connectivity index (χ1v) is 19.2. The molecule has 48 heavy (non-hydrogen) atoms. The molecule has 0 aliphatic heterocycles. The topological polar surface area (TPSA) is 336 Å². The maximum Gasteiger partial charge on any atom is 0.397 e. The summed E-state index contributed by atoms with van der Waals surface area (Å²) in [5.74, 6) is -1.23. The van der Waals surface area contributed by atoms with E-state index < -0.39 is 74.6 Å². The van der Waals surface area contributed by atoms with Crippen LogP contribution in [0.25, 0.3) is 0 Å². The van der Waals surface area contributed by atoms with Crippen molar-refractivity contribution in [3.63, 3.8) is 0 Å². The first-order chi connectivity index (χ1) is 22.3.